The number of carboxylic acid groups (broad SMARTS) is 1. The first-order valence-corrected chi connectivity index (χ1v) is 9.82. The molecule has 0 saturated heterocycles. The number of allylic oxidation sites excluding steroid dienone is 2. The number of rotatable bonds is 14. The van der Waals surface area contributed by atoms with Crippen molar-refractivity contribution in [1.29, 1.82) is 0 Å². The maximum Gasteiger partial charge on any atom is 0.307 e. The Balaban J connectivity index is 0.00000190. The molecule has 2 aliphatic rings. The van der Waals surface area contributed by atoms with E-state index in [0.29, 0.717) is 6.42 Å². The molecule has 2 aliphatic carbocycles. The third-order valence-electron chi connectivity index (χ3n) is 4.71. The first-order valence-electron chi connectivity index (χ1n) is 9.82. The van der Waals surface area contributed by atoms with Gasteiger partial charge in [0.1, 0.15) is 0 Å². The van der Waals surface area contributed by atoms with E-state index in [1.165, 1.54) is 0 Å². The SMILES string of the molecule is CC.O=C(O)C1C2C=CC(C2)C1C(O)(OCCOCCO)OCCOCCO. The molecule has 2 bridgehead atoms. The summed E-state index contributed by atoms with van der Waals surface area (Å²) in [5.41, 5.74) is 0. The summed E-state index contributed by atoms with van der Waals surface area (Å²) in [5.74, 6) is -4.93. The van der Waals surface area contributed by atoms with E-state index in [1.54, 1.807) is 0 Å². The number of aliphatic hydroxyl groups is 3. The zero-order chi connectivity index (χ0) is 21.0. The zero-order valence-electron chi connectivity index (χ0n) is 16.7. The van der Waals surface area contributed by atoms with Crippen LogP contribution in [0.3, 0.4) is 0 Å². The third-order valence-corrected chi connectivity index (χ3v) is 4.71. The second-order valence-electron chi connectivity index (χ2n) is 6.34. The Morgan fingerprint density at radius 3 is 1.89 bits per heavy atom. The topological polar surface area (TPSA) is 135 Å². The first-order chi connectivity index (χ1) is 13.5. The fourth-order valence-corrected chi connectivity index (χ4v) is 3.72. The lowest BCUT2D eigenvalue weighted by molar-refractivity contribution is -0.396. The number of carboxylic acids is 1. The summed E-state index contributed by atoms with van der Waals surface area (Å²) in [4.78, 5) is 11.7. The minimum atomic E-state index is -2.08. The molecule has 28 heavy (non-hydrogen) atoms. The van der Waals surface area contributed by atoms with Gasteiger partial charge in [-0.3, -0.25) is 4.79 Å². The molecule has 164 valence electrons. The minimum Gasteiger partial charge on any atom is -0.481 e. The molecule has 2 rings (SSSR count). The zero-order valence-corrected chi connectivity index (χ0v) is 16.7. The van der Waals surface area contributed by atoms with Crippen LogP contribution in [0, 0.1) is 23.7 Å². The van der Waals surface area contributed by atoms with Gasteiger partial charge in [-0.25, -0.2) is 0 Å². The Kier molecular flexibility index (Phi) is 11.8. The van der Waals surface area contributed by atoms with Gasteiger partial charge in [-0.1, -0.05) is 26.0 Å². The highest BCUT2D eigenvalue weighted by atomic mass is 16.8. The van der Waals surface area contributed by atoms with Gasteiger partial charge < -0.3 is 39.4 Å². The highest BCUT2D eigenvalue weighted by Crippen LogP contribution is 2.52. The van der Waals surface area contributed by atoms with E-state index in [4.69, 9.17) is 29.2 Å². The van der Waals surface area contributed by atoms with Crippen LogP contribution >= 0.6 is 0 Å². The van der Waals surface area contributed by atoms with Crippen molar-refractivity contribution >= 4 is 5.97 Å². The van der Waals surface area contributed by atoms with E-state index in [-0.39, 0.29) is 64.7 Å². The van der Waals surface area contributed by atoms with E-state index in [1.807, 2.05) is 26.0 Å². The summed E-state index contributed by atoms with van der Waals surface area (Å²) >= 11 is 0. The average molecular weight is 406 g/mol. The average Bonchev–Trinajstić information content (AvgIpc) is 3.31. The van der Waals surface area contributed by atoms with Crippen molar-refractivity contribution in [3.63, 3.8) is 0 Å². The summed E-state index contributed by atoms with van der Waals surface area (Å²) in [7, 11) is 0. The molecule has 0 spiro atoms. The molecule has 1 saturated carbocycles. The van der Waals surface area contributed by atoms with Crippen molar-refractivity contribution in [1.82, 2.24) is 0 Å². The van der Waals surface area contributed by atoms with Crippen molar-refractivity contribution in [3.05, 3.63) is 12.2 Å². The van der Waals surface area contributed by atoms with Crippen LogP contribution in [-0.4, -0.2) is 85.2 Å². The monoisotopic (exact) mass is 406 g/mol. The van der Waals surface area contributed by atoms with Gasteiger partial charge in [-0.2, -0.15) is 0 Å². The smallest absolute Gasteiger partial charge is 0.307 e. The fraction of sp³-hybridized carbons (Fsp3) is 0.842. The predicted octanol–water partition coefficient (Wildman–Crippen LogP) is 0.233. The summed E-state index contributed by atoms with van der Waals surface area (Å²) in [5, 5.41) is 38.0. The van der Waals surface area contributed by atoms with Crippen LogP contribution in [0.25, 0.3) is 0 Å². The highest BCUT2D eigenvalue weighted by molar-refractivity contribution is 5.72. The number of carbonyl (C=O) groups is 1. The molecular formula is C19H34O9. The molecule has 0 heterocycles. The summed E-state index contributed by atoms with van der Waals surface area (Å²) in [6, 6.07) is 0. The quantitative estimate of drug-likeness (QED) is 0.182. The molecule has 0 aromatic rings. The maximum atomic E-state index is 11.7. The molecule has 4 unspecified atom stereocenters. The number of aliphatic carboxylic acids is 1. The van der Waals surface area contributed by atoms with Gasteiger partial charge in [-0.05, 0) is 18.3 Å². The van der Waals surface area contributed by atoms with Crippen LogP contribution in [0.2, 0.25) is 0 Å². The molecule has 9 nitrogen and oxygen atoms in total. The molecule has 0 amide bonds. The van der Waals surface area contributed by atoms with Gasteiger partial charge in [-0.15, -0.1) is 0 Å². The van der Waals surface area contributed by atoms with Crippen LogP contribution in [0.4, 0.5) is 0 Å². The molecule has 4 N–H and O–H groups in total. The standard InChI is InChI=1S/C17H28O9.C2H6/c18-3-5-23-7-9-25-17(22,26-10-8-24-6-4-19)15-13-2-1-12(11-13)14(15)16(20)21;1-2/h1-2,12-15,18-19,22H,3-11H2,(H,20,21);1-2H3. The minimum absolute atomic E-state index is 0.0159. The lowest BCUT2D eigenvalue weighted by atomic mass is 9.81. The Bertz CT molecular complexity index is 454. The Morgan fingerprint density at radius 2 is 1.43 bits per heavy atom. The van der Waals surface area contributed by atoms with E-state index in [2.05, 4.69) is 0 Å². The van der Waals surface area contributed by atoms with Crippen molar-refractivity contribution in [2.45, 2.75) is 26.2 Å². The Morgan fingerprint density at radius 1 is 0.929 bits per heavy atom. The molecule has 0 aromatic carbocycles. The second kappa shape index (κ2) is 13.2. The molecule has 4 atom stereocenters. The third kappa shape index (κ3) is 6.77. The van der Waals surface area contributed by atoms with Crippen molar-refractivity contribution < 1.29 is 44.2 Å². The van der Waals surface area contributed by atoms with Crippen LogP contribution in [0.15, 0.2) is 12.2 Å². The molecule has 0 aliphatic heterocycles. The summed E-state index contributed by atoms with van der Waals surface area (Å²) in [6.07, 6.45) is 4.41. The molecule has 0 aromatic heterocycles. The first kappa shape index (κ1) is 25.0. The van der Waals surface area contributed by atoms with E-state index >= 15 is 0 Å². The van der Waals surface area contributed by atoms with E-state index < -0.39 is 23.8 Å². The maximum absolute atomic E-state index is 11.7. The molecule has 1 fully saturated rings. The number of fused-ring (bicyclic) bond motifs is 2. The van der Waals surface area contributed by atoms with E-state index in [9.17, 15) is 15.0 Å². The second-order valence-corrected chi connectivity index (χ2v) is 6.34. The lowest BCUT2D eigenvalue weighted by Crippen LogP contribution is -2.51. The van der Waals surface area contributed by atoms with Gasteiger partial charge in [0.25, 0.3) is 5.97 Å². The molecule has 9 heteroatoms. The Labute approximate surface area is 165 Å². The van der Waals surface area contributed by atoms with Gasteiger partial charge in [0.15, 0.2) is 0 Å². The van der Waals surface area contributed by atoms with Gasteiger partial charge in [0.2, 0.25) is 0 Å². The highest BCUT2D eigenvalue weighted by Gasteiger charge is 2.58. The van der Waals surface area contributed by atoms with Crippen LogP contribution < -0.4 is 0 Å². The Hall–Kier alpha value is -1.07. The van der Waals surface area contributed by atoms with Gasteiger partial charge >= 0.3 is 5.97 Å². The van der Waals surface area contributed by atoms with Gasteiger partial charge in [0.05, 0.1) is 64.7 Å². The normalized spacial score (nSPS) is 25.6. The lowest BCUT2D eigenvalue weighted by Gasteiger charge is -2.39. The summed E-state index contributed by atoms with van der Waals surface area (Å²) in [6.45, 7) is 4.26. The number of aliphatic hydroxyl groups excluding tert-OH is 2. The largest absolute Gasteiger partial charge is 0.481 e. The van der Waals surface area contributed by atoms with Gasteiger partial charge in [0, 0.05) is 0 Å². The summed E-state index contributed by atoms with van der Waals surface area (Å²) < 4.78 is 21.3. The van der Waals surface area contributed by atoms with Crippen LogP contribution in [0.5, 0.6) is 0 Å². The van der Waals surface area contributed by atoms with Crippen molar-refractivity contribution in [2.24, 2.45) is 23.7 Å². The van der Waals surface area contributed by atoms with Crippen molar-refractivity contribution in [3.8, 4) is 0 Å². The van der Waals surface area contributed by atoms with Crippen molar-refractivity contribution in [2.75, 3.05) is 52.9 Å². The fourth-order valence-electron chi connectivity index (χ4n) is 3.72. The number of ether oxygens (including phenoxy) is 4. The van der Waals surface area contributed by atoms with Crippen LogP contribution in [-0.2, 0) is 23.7 Å². The number of hydrogen-bond donors (Lipinski definition) is 4. The molecule has 0 radical (unpaired) electrons. The van der Waals surface area contributed by atoms with E-state index in [0.717, 1.165) is 0 Å². The molecular weight excluding hydrogens is 372 g/mol. The predicted molar refractivity (Wildman–Crippen MR) is 99.4 cm³/mol. The van der Waals surface area contributed by atoms with Crippen LogP contribution in [0.1, 0.15) is 20.3 Å². The number of hydrogen-bond acceptors (Lipinski definition) is 8.